The highest BCUT2D eigenvalue weighted by molar-refractivity contribution is 7.90. The zero-order valence-corrected chi connectivity index (χ0v) is 16.1. The summed E-state index contributed by atoms with van der Waals surface area (Å²) < 4.78 is 67.5. The summed E-state index contributed by atoms with van der Waals surface area (Å²) in [6.07, 6.45) is -4.63. The maximum atomic E-state index is 13.1. The molecule has 0 saturated heterocycles. The van der Waals surface area contributed by atoms with Crippen LogP contribution in [0.3, 0.4) is 0 Å². The fraction of sp³-hybridized carbons (Fsp3) is 0.0500. The number of benzene rings is 3. The largest absolute Gasteiger partial charge is 0.858 e. The zero-order valence-electron chi connectivity index (χ0n) is 14.5. The van der Waals surface area contributed by atoms with E-state index < -0.39 is 27.7 Å². The van der Waals surface area contributed by atoms with Gasteiger partial charge >= 0.3 is 6.18 Å². The Morgan fingerprint density at radius 2 is 1.62 bits per heavy atom. The fourth-order valence-corrected chi connectivity index (χ4v) is 3.81. The summed E-state index contributed by atoms with van der Waals surface area (Å²) in [5, 5.41) is 12.7. The van der Waals surface area contributed by atoms with E-state index in [1.165, 1.54) is 30.3 Å². The predicted octanol–water partition coefficient (Wildman–Crippen LogP) is 4.52. The smallest absolute Gasteiger partial charge is 0.416 e. The van der Waals surface area contributed by atoms with E-state index in [4.69, 9.17) is 11.6 Å². The molecule has 0 N–H and O–H groups in total. The quantitative estimate of drug-likeness (QED) is 0.444. The van der Waals surface area contributed by atoms with Gasteiger partial charge in [0.2, 0.25) is 0 Å². The van der Waals surface area contributed by atoms with Crippen LogP contribution in [0.1, 0.15) is 11.1 Å². The van der Waals surface area contributed by atoms with Gasteiger partial charge in [-0.1, -0.05) is 54.1 Å². The van der Waals surface area contributed by atoms with E-state index in [1.807, 2.05) is 0 Å². The molecule has 0 saturated carbocycles. The van der Waals surface area contributed by atoms with Gasteiger partial charge in [-0.2, -0.15) is 26.0 Å². The van der Waals surface area contributed by atoms with Crippen LogP contribution in [0, 0.1) is 0 Å². The first-order valence-electron chi connectivity index (χ1n) is 8.12. The van der Waals surface area contributed by atoms with E-state index >= 15 is 0 Å². The molecule has 0 bridgehead atoms. The second-order valence-electron chi connectivity index (χ2n) is 5.95. The lowest BCUT2D eigenvalue weighted by Gasteiger charge is -2.18. The summed E-state index contributed by atoms with van der Waals surface area (Å²) in [6, 6.07) is 15.4. The Bertz CT molecular complexity index is 1180. The lowest BCUT2D eigenvalue weighted by atomic mass is 9.97. The Morgan fingerprint density at radius 3 is 2.24 bits per heavy atom. The highest BCUT2D eigenvalue weighted by Gasteiger charge is 2.31. The zero-order chi connectivity index (χ0) is 21.2. The first kappa shape index (κ1) is 20.9. The normalized spacial score (nSPS) is 12.8. The molecule has 0 unspecified atom stereocenters. The van der Waals surface area contributed by atoms with Crippen molar-refractivity contribution in [2.24, 2.45) is 4.40 Å². The van der Waals surface area contributed by atoms with Crippen molar-refractivity contribution in [2.45, 2.75) is 11.1 Å². The third kappa shape index (κ3) is 4.78. The minimum atomic E-state index is -4.63. The number of sulfonamides is 1. The molecular formula is C20H12ClF3NO3S-. The molecule has 0 spiro atoms. The Hall–Kier alpha value is -2.84. The highest BCUT2D eigenvalue weighted by Crippen LogP contribution is 2.34. The molecule has 0 heterocycles. The van der Waals surface area contributed by atoms with Crippen molar-refractivity contribution in [2.75, 3.05) is 0 Å². The fourth-order valence-electron chi connectivity index (χ4n) is 2.60. The van der Waals surface area contributed by atoms with Gasteiger partial charge in [0.15, 0.2) is 0 Å². The number of hydrogen-bond acceptors (Lipinski definition) is 3. The van der Waals surface area contributed by atoms with Crippen LogP contribution in [0.4, 0.5) is 13.2 Å². The topological polar surface area (TPSA) is 69.6 Å². The molecule has 0 fully saturated rings. The molecule has 0 aliphatic carbocycles. The highest BCUT2D eigenvalue weighted by atomic mass is 35.5. The average molecular weight is 439 g/mol. The maximum Gasteiger partial charge on any atom is 0.416 e. The Morgan fingerprint density at radius 1 is 0.931 bits per heavy atom. The van der Waals surface area contributed by atoms with E-state index in [-0.39, 0.29) is 21.0 Å². The van der Waals surface area contributed by atoms with Crippen LogP contribution >= 0.6 is 11.6 Å². The third-order valence-electron chi connectivity index (χ3n) is 3.96. The molecule has 3 rings (SSSR count). The van der Waals surface area contributed by atoms with E-state index in [9.17, 15) is 26.7 Å². The van der Waals surface area contributed by atoms with Crippen molar-refractivity contribution in [3.05, 3.63) is 88.9 Å². The average Bonchev–Trinajstić information content (AvgIpc) is 2.67. The first-order valence-corrected chi connectivity index (χ1v) is 9.94. The maximum absolute atomic E-state index is 13.1. The molecule has 3 aromatic carbocycles. The van der Waals surface area contributed by atoms with Gasteiger partial charge in [-0.3, -0.25) is 0 Å². The summed E-state index contributed by atoms with van der Waals surface area (Å²) in [6.45, 7) is 0. The predicted molar refractivity (Wildman–Crippen MR) is 102 cm³/mol. The lowest BCUT2D eigenvalue weighted by molar-refractivity contribution is -0.212. The molecule has 0 radical (unpaired) electrons. The summed E-state index contributed by atoms with van der Waals surface area (Å²) in [7, 11) is -4.40. The van der Waals surface area contributed by atoms with Gasteiger partial charge in [-0.25, -0.2) is 0 Å². The van der Waals surface area contributed by atoms with Crippen molar-refractivity contribution in [3.8, 4) is 11.1 Å². The van der Waals surface area contributed by atoms with Crippen molar-refractivity contribution in [1.82, 2.24) is 0 Å². The van der Waals surface area contributed by atoms with Gasteiger partial charge in [0.05, 0.1) is 10.5 Å². The van der Waals surface area contributed by atoms with Gasteiger partial charge in [-0.15, -0.1) is 0 Å². The van der Waals surface area contributed by atoms with Crippen LogP contribution in [-0.4, -0.2) is 14.3 Å². The molecule has 0 aromatic heterocycles. The molecule has 0 amide bonds. The Labute approximate surface area is 170 Å². The molecule has 9 heteroatoms. The molecule has 29 heavy (non-hydrogen) atoms. The summed E-state index contributed by atoms with van der Waals surface area (Å²) in [4.78, 5) is -0.300. The molecule has 0 aliphatic rings. The number of alkyl halides is 3. The number of rotatable bonds is 4. The van der Waals surface area contributed by atoms with E-state index in [1.54, 1.807) is 18.2 Å². The van der Waals surface area contributed by atoms with Crippen LogP contribution in [-0.2, 0) is 16.2 Å². The minimum absolute atomic E-state index is 0.0736. The van der Waals surface area contributed by atoms with Gasteiger partial charge in [-0.05, 0) is 47.0 Å². The standard InChI is InChI=1S/C20H13ClF3NO3S/c21-15-7-4-8-16(12-15)29(27,28)25-19(26)17-10-9-14(20(22,23)24)11-18(17)13-5-2-1-3-6-13/h1-12H,(H,25,26)/p-1. The van der Waals surface area contributed by atoms with Crippen molar-refractivity contribution >= 4 is 27.5 Å². The SMILES string of the molecule is O=S(=O)(/N=C(\[O-])c1ccc(C(F)(F)F)cc1-c1ccccc1)c1cccc(Cl)c1. The second kappa shape index (κ2) is 7.88. The summed E-state index contributed by atoms with van der Waals surface area (Å²) in [5.74, 6) is -1.18. The van der Waals surface area contributed by atoms with E-state index in [0.717, 1.165) is 18.2 Å². The molecule has 3 aromatic rings. The molecular weight excluding hydrogens is 427 g/mol. The van der Waals surface area contributed by atoms with E-state index in [0.29, 0.717) is 11.6 Å². The van der Waals surface area contributed by atoms with Crippen molar-refractivity contribution in [3.63, 3.8) is 0 Å². The van der Waals surface area contributed by atoms with Crippen LogP contribution in [0.25, 0.3) is 11.1 Å². The second-order valence-corrected chi connectivity index (χ2v) is 7.99. The Kier molecular flexibility index (Phi) is 5.68. The number of nitrogens with zero attached hydrogens (tertiary/aromatic N) is 1. The first-order chi connectivity index (χ1) is 13.6. The van der Waals surface area contributed by atoms with Crippen LogP contribution in [0.2, 0.25) is 5.02 Å². The minimum Gasteiger partial charge on any atom is -0.858 e. The van der Waals surface area contributed by atoms with E-state index in [2.05, 4.69) is 4.40 Å². The lowest BCUT2D eigenvalue weighted by Crippen LogP contribution is -2.22. The summed E-state index contributed by atoms with van der Waals surface area (Å²) in [5.41, 5.74) is -0.992. The number of halogens is 4. The molecule has 0 aliphatic heterocycles. The molecule has 150 valence electrons. The van der Waals surface area contributed by atoms with Gasteiger partial charge in [0.1, 0.15) is 0 Å². The van der Waals surface area contributed by atoms with Gasteiger partial charge in [0, 0.05) is 10.9 Å². The van der Waals surface area contributed by atoms with Crippen LogP contribution in [0.15, 0.2) is 82.1 Å². The summed E-state index contributed by atoms with van der Waals surface area (Å²) >= 11 is 5.77. The van der Waals surface area contributed by atoms with Crippen LogP contribution in [0.5, 0.6) is 0 Å². The van der Waals surface area contributed by atoms with Gasteiger partial charge in [0.25, 0.3) is 10.0 Å². The van der Waals surface area contributed by atoms with Gasteiger partial charge < -0.3 is 5.11 Å². The monoisotopic (exact) mass is 438 g/mol. The molecule has 0 atom stereocenters. The van der Waals surface area contributed by atoms with Crippen LogP contribution < -0.4 is 5.11 Å². The third-order valence-corrected chi connectivity index (χ3v) is 5.45. The Balaban J connectivity index is 2.16. The number of hydrogen-bond donors (Lipinski definition) is 0. The van der Waals surface area contributed by atoms with Crippen molar-refractivity contribution in [1.29, 1.82) is 0 Å². The van der Waals surface area contributed by atoms with Crippen molar-refractivity contribution < 1.29 is 26.7 Å². The molecule has 4 nitrogen and oxygen atoms in total.